The minimum Gasteiger partial charge on any atom is -0.339 e. The Morgan fingerprint density at radius 2 is 1.52 bits per heavy atom. The van der Waals surface area contributed by atoms with Crippen LogP contribution in [0, 0.1) is 0 Å². The van der Waals surface area contributed by atoms with E-state index >= 15 is 0 Å². The van der Waals surface area contributed by atoms with Gasteiger partial charge in [0.2, 0.25) is 0 Å². The van der Waals surface area contributed by atoms with Gasteiger partial charge in [0.05, 0.1) is 11.3 Å². The molecule has 2 aromatic rings. The normalized spacial score (nSPS) is 14.5. The molecule has 1 heterocycles. The van der Waals surface area contributed by atoms with E-state index in [9.17, 15) is 9.59 Å². The highest BCUT2D eigenvalue weighted by atomic mass is 32.1. The Morgan fingerprint density at radius 1 is 0.903 bits per heavy atom. The number of carbonyl (C=O) groups is 2. The van der Waals surface area contributed by atoms with Crippen LogP contribution in [0.25, 0.3) is 0 Å². The number of benzene rings is 2. The molecular weight excluding hydrogens is 406 g/mol. The van der Waals surface area contributed by atoms with E-state index in [2.05, 4.69) is 31.4 Å². The maximum Gasteiger partial charge on any atom is 0.257 e. The lowest BCUT2D eigenvalue weighted by Crippen LogP contribution is -2.36. The maximum absolute atomic E-state index is 13.1. The van der Waals surface area contributed by atoms with Gasteiger partial charge >= 0.3 is 0 Å². The van der Waals surface area contributed by atoms with Gasteiger partial charge in [-0.1, -0.05) is 57.9 Å². The summed E-state index contributed by atoms with van der Waals surface area (Å²) in [6.07, 6.45) is 4.39. The largest absolute Gasteiger partial charge is 0.339 e. The lowest BCUT2D eigenvalue weighted by molar-refractivity contribution is 0.0762. The van der Waals surface area contributed by atoms with Crippen molar-refractivity contribution in [2.75, 3.05) is 18.4 Å². The van der Waals surface area contributed by atoms with Gasteiger partial charge < -0.3 is 10.2 Å². The molecule has 1 aliphatic heterocycles. The van der Waals surface area contributed by atoms with E-state index in [1.807, 2.05) is 35.2 Å². The van der Waals surface area contributed by atoms with Crippen molar-refractivity contribution in [3.63, 3.8) is 0 Å². The van der Waals surface area contributed by atoms with Crippen LogP contribution in [-0.2, 0) is 5.41 Å². The number of thiocarbonyl (C=S) groups is 1. The molecule has 1 aliphatic rings. The number of carbonyl (C=O) groups excluding carboxylic acids is 2. The summed E-state index contributed by atoms with van der Waals surface area (Å²) < 4.78 is 0. The van der Waals surface area contributed by atoms with Crippen molar-refractivity contribution in [3.8, 4) is 0 Å². The summed E-state index contributed by atoms with van der Waals surface area (Å²) in [6.45, 7) is 7.94. The Kier molecular flexibility index (Phi) is 7.44. The van der Waals surface area contributed by atoms with Crippen LogP contribution in [0.3, 0.4) is 0 Å². The number of hydrogen-bond acceptors (Lipinski definition) is 3. The first-order valence-corrected chi connectivity index (χ1v) is 11.3. The van der Waals surface area contributed by atoms with Crippen LogP contribution in [0.2, 0.25) is 0 Å². The molecular formula is C25H31N3O2S. The fourth-order valence-corrected chi connectivity index (χ4v) is 3.88. The van der Waals surface area contributed by atoms with Gasteiger partial charge in [-0.25, -0.2) is 0 Å². The molecule has 0 radical (unpaired) electrons. The van der Waals surface area contributed by atoms with Crippen molar-refractivity contribution in [1.29, 1.82) is 0 Å². The minimum absolute atomic E-state index is 0.00287. The molecule has 0 aromatic heterocycles. The third kappa shape index (κ3) is 6.14. The van der Waals surface area contributed by atoms with E-state index in [0.29, 0.717) is 16.8 Å². The van der Waals surface area contributed by atoms with Crippen LogP contribution in [0.4, 0.5) is 5.69 Å². The average Bonchev–Trinajstić information content (AvgIpc) is 3.02. The van der Waals surface area contributed by atoms with Crippen LogP contribution in [0.5, 0.6) is 0 Å². The van der Waals surface area contributed by atoms with Gasteiger partial charge in [-0.15, -0.1) is 0 Å². The van der Waals surface area contributed by atoms with Gasteiger partial charge in [-0.3, -0.25) is 14.9 Å². The number of nitrogens with zero attached hydrogens (tertiary/aromatic N) is 1. The van der Waals surface area contributed by atoms with Gasteiger partial charge in [-0.2, -0.15) is 0 Å². The highest BCUT2D eigenvalue weighted by molar-refractivity contribution is 7.80. The summed E-state index contributed by atoms with van der Waals surface area (Å²) in [6, 6.07) is 14.8. The van der Waals surface area contributed by atoms with E-state index < -0.39 is 0 Å². The van der Waals surface area contributed by atoms with Crippen LogP contribution < -0.4 is 10.6 Å². The zero-order valence-corrected chi connectivity index (χ0v) is 19.3. The number of rotatable bonds is 3. The molecule has 1 saturated heterocycles. The fraction of sp³-hybridized carbons (Fsp3) is 0.400. The van der Waals surface area contributed by atoms with E-state index in [-0.39, 0.29) is 22.3 Å². The molecule has 31 heavy (non-hydrogen) atoms. The third-order valence-corrected chi connectivity index (χ3v) is 5.74. The monoisotopic (exact) mass is 437 g/mol. The summed E-state index contributed by atoms with van der Waals surface area (Å²) >= 11 is 5.35. The van der Waals surface area contributed by atoms with Crippen molar-refractivity contribution >= 4 is 34.8 Å². The zero-order valence-electron chi connectivity index (χ0n) is 18.5. The van der Waals surface area contributed by atoms with E-state index in [0.717, 1.165) is 44.3 Å². The fourth-order valence-electron chi connectivity index (χ4n) is 3.67. The number of amides is 2. The molecule has 164 valence electrons. The van der Waals surface area contributed by atoms with Gasteiger partial charge in [0, 0.05) is 18.7 Å². The lowest BCUT2D eigenvalue weighted by atomic mass is 9.87. The molecule has 0 saturated carbocycles. The zero-order chi connectivity index (χ0) is 22.4. The van der Waals surface area contributed by atoms with E-state index in [4.69, 9.17) is 12.2 Å². The molecule has 3 rings (SSSR count). The lowest BCUT2D eigenvalue weighted by Gasteiger charge is -2.22. The van der Waals surface area contributed by atoms with E-state index in [1.165, 1.54) is 0 Å². The Labute approximate surface area is 190 Å². The van der Waals surface area contributed by atoms with E-state index in [1.54, 1.807) is 18.2 Å². The van der Waals surface area contributed by atoms with Crippen LogP contribution in [0.15, 0.2) is 48.5 Å². The molecule has 5 nitrogen and oxygen atoms in total. The van der Waals surface area contributed by atoms with Crippen molar-refractivity contribution < 1.29 is 9.59 Å². The van der Waals surface area contributed by atoms with Crippen molar-refractivity contribution in [1.82, 2.24) is 10.2 Å². The van der Waals surface area contributed by atoms with Crippen LogP contribution in [0.1, 0.15) is 72.7 Å². The predicted molar refractivity (Wildman–Crippen MR) is 130 cm³/mol. The summed E-state index contributed by atoms with van der Waals surface area (Å²) in [5, 5.41) is 5.92. The summed E-state index contributed by atoms with van der Waals surface area (Å²) in [5.74, 6) is -0.286. The molecule has 2 amide bonds. The smallest absolute Gasteiger partial charge is 0.257 e. The Hall–Kier alpha value is -2.73. The second-order valence-electron chi connectivity index (χ2n) is 8.99. The van der Waals surface area contributed by atoms with Crippen molar-refractivity contribution in [2.45, 2.75) is 51.9 Å². The average molecular weight is 438 g/mol. The number of anilines is 1. The first-order valence-electron chi connectivity index (χ1n) is 10.9. The highest BCUT2D eigenvalue weighted by Crippen LogP contribution is 2.22. The van der Waals surface area contributed by atoms with Gasteiger partial charge in [0.1, 0.15) is 0 Å². The molecule has 2 aromatic carbocycles. The molecule has 0 aliphatic carbocycles. The first-order chi connectivity index (χ1) is 14.8. The maximum atomic E-state index is 13.1. The quantitative estimate of drug-likeness (QED) is 0.654. The van der Waals surface area contributed by atoms with Crippen LogP contribution >= 0.6 is 12.2 Å². The Bertz CT molecular complexity index is 940. The molecule has 2 N–H and O–H groups in total. The molecule has 1 fully saturated rings. The SMILES string of the molecule is CC(C)(C)c1ccc(C(=O)NC(=S)Nc2ccccc2C(=O)N2CCCCCC2)cc1. The summed E-state index contributed by atoms with van der Waals surface area (Å²) in [7, 11) is 0. The minimum atomic E-state index is -0.283. The number of likely N-dealkylation sites (tertiary alicyclic amines) is 1. The standard InChI is InChI=1S/C25H31N3O2S/c1-25(2,3)19-14-12-18(13-15-19)22(29)27-24(31)26-21-11-7-6-10-20(21)23(30)28-16-8-4-5-9-17-28/h6-7,10-15H,4-5,8-9,16-17H2,1-3H3,(H2,26,27,29,31). The topological polar surface area (TPSA) is 61.4 Å². The summed E-state index contributed by atoms with van der Waals surface area (Å²) in [4.78, 5) is 27.6. The van der Waals surface area contributed by atoms with Gasteiger partial charge in [0.15, 0.2) is 5.11 Å². The van der Waals surface area contributed by atoms with Crippen molar-refractivity contribution in [2.24, 2.45) is 0 Å². The van der Waals surface area contributed by atoms with Crippen molar-refractivity contribution in [3.05, 3.63) is 65.2 Å². The second kappa shape index (κ2) is 10.1. The number of hydrogen-bond donors (Lipinski definition) is 2. The molecule has 0 bridgehead atoms. The predicted octanol–water partition coefficient (Wildman–Crippen LogP) is 5.13. The Morgan fingerprint density at radius 3 is 2.13 bits per heavy atom. The third-order valence-electron chi connectivity index (χ3n) is 5.54. The van der Waals surface area contributed by atoms with Gasteiger partial charge in [0.25, 0.3) is 11.8 Å². The van der Waals surface area contributed by atoms with Crippen LogP contribution in [-0.4, -0.2) is 34.9 Å². The molecule has 0 spiro atoms. The molecule has 0 unspecified atom stereocenters. The molecule has 0 atom stereocenters. The molecule has 6 heteroatoms. The summed E-state index contributed by atoms with van der Waals surface area (Å²) in [5.41, 5.74) is 2.88. The number of nitrogens with one attached hydrogen (secondary N) is 2. The first kappa shape index (κ1) is 22.9. The highest BCUT2D eigenvalue weighted by Gasteiger charge is 2.20. The number of para-hydroxylation sites is 1. The second-order valence-corrected chi connectivity index (χ2v) is 9.40. The Balaban J connectivity index is 1.66. The van der Waals surface area contributed by atoms with Gasteiger partial charge in [-0.05, 0) is 60.3 Å².